The van der Waals surface area contributed by atoms with Gasteiger partial charge in [0, 0.05) is 31.4 Å². The molecular formula is C15H21N3O2. The van der Waals surface area contributed by atoms with Crippen molar-refractivity contribution in [2.45, 2.75) is 19.8 Å². The lowest BCUT2D eigenvalue weighted by Gasteiger charge is -2.15. The van der Waals surface area contributed by atoms with Gasteiger partial charge >= 0.3 is 0 Å². The zero-order valence-corrected chi connectivity index (χ0v) is 12.2. The zero-order chi connectivity index (χ0) is 14.7. The Kier molecular flexibility index (Phi) is 4.27. The zero-order valence-electron chi connectivity index (χ0n) is 12.2. The van der Waals surface area contributed by atoms with Gasteiger partial charge in [-0.05, 0) is 37.5 Å². The summed E-state index contributed by atoms with van der Waals surface area (Å²) >= 11 is 0. The Hall–Kier alpha value is -2.04. The fraction of sp³-hybridized carbons (Fsp3) is 0.467. The van der Waals surface area contributed by atoms with Crippen molar-refractivity contribution in [2.75, 3.05) is 31.3 Å². The highest BCUT2D eigenvalue weighted by atomic mass is 16.2. The molecule has 0 unspecified atom stereocenters. The predicted octanol–water partition coefficient (Wildman–Crippen LogP) is 1.84. The molecule has 1 aliphatic carbocycles. The van der Waals surface area contributed by atoms with E-state index in [9.17, 15) is 9.59 Å². The van der Waals surface area contributed by atoms with Crippen LogP contribution in [0.4, 0.5) is 11.4 Å². The fourth-order valence-corrected chi connectivity index (χ4v) is 1.87. The normalized spacial score (nSPS) is 13.8. The summed E-state index contributed by atoms with van der Waals surface area (Å²) < 4.78 is 0. The lowest BCUT2D eigenvalue weighted by Crippen LogP contribution is -2.28. The molecule has 0 aliphatic heterocycles. The van der Waals surface area contributed by atoms with Crippen LogP contribution in [-0.4, -0.2) is 37.4 Å². The van der Waals surface area contributed by atoms with Gasteiger partial charge in [-0.1, -0.05) is 6.07 Å². The Labute approximate surface area is 119 Å². The van der Waals surface area contributed by atoms with Gasteiger partial charge in [-0.2, -0.15) is 0 Å². The van der Waals surface area contributed by atoms with E-state index >= 15 is 0 Å². The molecule has 1 saturated carbocycles. The average molecular weight is 275 g/mol. The summed E-state index contributed by atoms with van der Waals surface area (Å²) in [7, 11) is 3.45. The summed E-state index contributed by atoms with van der Waals surface area (Å²) in [4.78, 5) is 24.9. The van der Waals surface area contributed by atoms with Crippen molar-refractivity contribution >= 4 is 23.2 Å². The van der Waals surface area contributed by atoms with Crippen LogP contribution >= 0.6 is 0 Å². The third kappa shape index (κ3) is 3.50. The van der Waals surface area contributed by atoms with Crippen molar-refractivity contribution in [3.63, 3.8) is 0 Å². The van der Waals surface area contributed by atoms with Crippen LogP contribution in [0.15, 0.2) is 18.2 Å². The maximum Gasteiger partial charge on any atom is 0.241 e. The first kappa shape index (κ1) is 14.4. The number of benzene rings is 1. The first-order chi connectivity index (χ1) is 9.49. The molecule has 5 heteroatoms. The molecule has 1 aromatic rings. The van der Waals surface area contributed by atoms with Gasteiger partial charge in [-0.3, -0.25) is 9.59 Å². The van der Waals surface area contributed by atoms with Gasteiger partial charge < -0.3 is 15.5 Å². The molecule has 2 amide bonds. The minimum Gasteiger partial charge on any atom is -0.376 e. The Balaban J connectivity index is 2.02. The molecule has 0 heterocycles. The molecule has 108 valence electrons. The summed E-state index contributed by atoms with van der Waals surface area (Å²) in [6, 6.07) is 5.66. The first-order valence-corrected chi connectivity index (χ1v) is 6.83. The van der Waals surface area contributed by atoms with Gasteiger partial charge in [0.05, 0.1) is 6.54 Å². The Morgan fingerprint density at radius 2 is 1.90 bits per heavy atom. The summed E-state index contributed by atoms with van der Waals surface area (Å²) in [6.45, 7) is 2.18. The van der Waals surface area contributed by atoms with Crippen LogP contribution in [0.3, 0.4) is 0 Å². The van der Waals surface area contributed by atoms with E-state index in [1.54, 1.807) is 19.0 Å². The number of nitrogens with zero attached hydrogens (tertiary/aromatic N) is 1. The third-order valence-corrected chi connectivity index (χ3v) is 3.47. The molecule has 0 bridgehead atoms. The highest BCUT2D eigenvalue weighted by Gasteiger charge is 2.29. The lowest BCUT2D eigenvalue weighted by molar-refractivity contribution is -0.126. The number of likely N-dealkylation sites (N-methyl/N-ethyl adjacent to an activating group) is 1. The number of carbonyl (C=O) groups excluding carboxylic acids is 2. The molecule has 0 spiro atoms. The minimum atomic E-state index is 0.0109. The number of anilines is 2. The second-order valence-electron chi connectivity index (χ2n) is 5.38. The number of carbonyl (C=O) groups is 2. The van der Waals surface area contributed by atoms with Crippen molar-refractivity contribution < 1.29 is 9.59 Å². The second kappa shape index (κ2) is 5.94. The molecule has 2 N–H and O–H groups in total. The van der Waals surface area contributed by atoms with E-state index < -0.39 is 0 Å². The van der Waals surface area contributed by atoms with Crippen LogP contribution in [0.25, 0.3) is 0 Å². The van der Waals surface area contributed by atoms with Gasteiger partial charge in [0.25, 0.3) is 0 Å². The SMILES string of the molecule is Cc1c(NCC(=O)N(C)C)cccc1NC(=O)C1CC1. The maximum absolute atomic E-state index is 11.8. The predicted molar refractivity (Wildman–Crippen MR) is 79.7 cm³/mol. The summed E-state index contributed by atoms with van der Waals surface area (Å²) in [5.74, 6) is 0.285. The smallest absolute Gasteiger partial charge is 0.241 e. The molecule has 2 rings (SSSR count). The van der Waals surface area contributed by atoms with E-state index in [1.807, 2.05) is 25.1 Å². The number of rotatable bonds is 5. The van der Waals surface area contributed by atoms with Gasteiger partial charge in [0.15, 0.2) is 0 Å². The monoisotopic (exact) mass is 275 g/mol. The van der Waals surface area contributed by atoms with Crippen LogP contribution in [0, 0.1) is 12.8 Å². The van der Waals surface area contributed by atoms with Gasteiger partial charge in [0.2, 0.25) is 11.8 Å². The second-order valence-corrected chi connectivity index (χ2v) is 5.38. The molecule has 1 aliphatic rings. The minimum absolute atomic E-state index is 0.0109. The number of hydrogen-bond acceptors (Lipinski definition) is 3. The first-order valence-electron chi connectivity index (χ1n) is 6.83. The van der Waals surface area contributed by atoms with Gasteiger partial charge in [-0.25, -0.2) is 0 Å². The summed E-state index contributed by atoms with van der Waals surface area (Å²) in [5.41, 5.74) is 2.63. The van der Waals surface area contributed by atoms with Crippen LogP contribution in [0.5, 0.6) is 0 Å². The molecule has 0 saturated heterocycles. The quantitative estimate of drug-likeness (QED) is 0.862. The highest BCUT2D eigenvalue weighted by molar-refractivity contribution is 5.95. The maximum atomic E-state index is 11.8. The Bertz CT molecular complexity index is 522. The molecule has 1 fully saturated rings. The van der Waals surface area contributed by atoms with Gasteiger partial charge in [0.1, 0.15) is 0 Å². The molecule has 1 aromatic carbocycles. The largest absolute Gasteiger partial charge is 0.376 e. The van der Waals surface area contributed by atoms with Crippen molar-refractivity contribution in [1.29, 1.82) is 0 Å². The summed E-state index contributed by atoms with van der Waals surface area (Å²) in [5, 5.41) is 6.06. The van der Waals surface area contributed by atoms with Crippen LogP contribution < -0.4 is 10.6 Å². The van der Waals surface area contributed by atoms with Crippen molar-refractivity contribution in [3.05, 3.63) is 23.8 Å². The van der Waals surface area contributed by atoms with E-state index in [2.05, 4.69) is 10.6 Å². The van der Waals surface area contributed by atoms with E-state index in [4.69, 9.17) is 0 Å². The van der Waals surface area contributed by atoms with Crippen LogP contribution in [0.2, 0.25) is 0 Å². The topological polar surface area (TPSA) is 61.4 Å². The molecule has 0 aromatic heterocycles. The average Bonchev–Trinajstić information content (AvgIpc) is 3.23. The molecule has 20 heavy (non-hydrogen) atoms. The van der Waals surface area contributed by atoms with Crippen LogP contribution in [-0.2, 0) is 9.59 Å². The Morgan fingerprint density at radius 1 is 1.25 bits per heavy atom. The molecule has 0 radical (unpaired) electrons. The standard InChI is InChI=1S/C15H21N3O2/c1-10-12(16-9-14(19)18(2)3)5-4-6-13(10)17-15(20)11-7-8-11/h4-6,11,16H,7-9H2,1-3H3,(H,17,20). The number of hydrogen-bond donors (Lipinski definition) is 2. The van der Waals surface area contributed by atoms with E-state index in [-0.39, 0.29) is 24.3 Å². The molecule has 0 atom stereocenters. The van der Waals surface area contributed by atoms with E-state index in [0.717, 1.165) is 29.8 Å². The third-order valence-electron chi connectivity index (χ3n) is 3.47. The van der Waals surface area contributed by atoms with Crippen molar-refractivity contribution in [1.82, 2.24) is 4.90 Å². The van der Waals surface area contributed by atoms with Crippen molar-refractivity contribution in [3.8, 4) is 0 Å². The van der Waals surface area contributed by atoms with E-state index in [1.165, 1.54) is 0 Å². The summed E-state index contributed by atoms with van der Waals surface area (Å²) in [6.07, 6.45) is 1.97. The van der Waals surface area contributed by atoms with Crippen molar-refractivity contribution in [2.24, 2.45) is 5.92 Å². The molecule has 5 nitrogen and oxygen atoms in total. The number of amides is 2. The Morgan fingerprint density at radius 3 is 2.50 bits per heavy atom. The van der Waals surface area contributed by atoms with Gasteiger partial charge in [-0.15, -0.1) is 0 Å². The molecular weight excluding hydrogens is 254 g/mol. The van der Waals surface area contributed by atoms with Crippen LogP contribution in [0.1, 0.15) is 18.4 Å². The fourth-order valence-electron chi connectivity index (χ4n) is 1.87. The van der Waals surface area contributed by atoms with E-state index in [0.29, 0.717) is 0 Å². The lowest BCUT2D eigenvalue weighted by atomic mass is 10.1. The number of nitrogens with one attached hydrogen (secondary N) is 2. The highest BCUT2D eigenvalue weighted by Crippen LogP contribution is 2.31.